The average molecular weight is 279 g/mol. The first-order valence-corrected chi connectivity index (χ1v) is 7.31. The number of hydrogen-bond acceptors (Lipinski definition) is 2. The van der Waals surface area contributed by atoms with E-state index in [1.165, 1.54) is 11.1 Å². The molecule has 0 aliphatic rings. The topological polar surface area (TPSA) is 38.3 Å². The highest BCUT2D eigenvalue weighted by Gasteiger charge is 2.16. The van der Waals surface area contributed by atoms with Gasteiger partial charge < -0.3 is 10.1 Å². The molecule has 0 bridgehead atoms. The molecule has 0 spiro atoms. The number of nitrogens with one attached hydrogen (secondary N) is 1. The highest BCUT2D eigenvalue weighted by Crippen LogP contribution is 2.15. The van der Waals surface area contributed by atoms with Crippen molar-refractivity contribution in [2.45, 2.75) is 60.0 Å². The Morgan fingerprint density at radius 3 is 2.15 bits per heavy atom. The second kappa shape index (κ2) is 8.62. The molecule has 0 radical (unpaired) electrons. The van der Waals surface area contributed by atoms with E-state index in [0.29, 0.717) is 6.54 Å². The van der Waals surface area contributed by atoms with E-state index in [-0.39, 0.29) is 12.0 Å². The maximum absolute atomic E-state index is 11.5. The largest absolute Gasteiger partial charge is 0.444 e. The summed E-state index contributed by atoms with van der Waals surface area (Å²) in [6.45, 7) is 14.3. The summed E-state index contributed by atoms with van der Waals surface area (Å²) in [4.78, 5) is 11.5. The Bertz CT molecular complexity index is 390. The van der Waals surface area contributed by atoms with E-state index in [2.05, 4.69) is 43.4 Å². The molecule has 114 valence electrons. The predicted octanol–water partition coefficient (Wildman–Crippen LogP) is 4.65. The van der Waals surface area contributed by atoms with Crippen LogP contribution in [-0.4, -0.2) is 18.2 Å². The number of carbonyl (C=O) groups excluding carboxylic acids is 1. The average Bonchev–Trinajstić information content (AvgIpc) is 2.37. The summed E-state index contributed by atoms with van der Waals surface area (Å²) in [5.41, 5.74) is 2.01. The van der Waals surface area contributed by atoms with Crippen LogP contribution in [0.1, 0.15) is 58.6 Å². The molecular weight excluding hydrogens is 250 g/mol. The minimum atomic E-state index is -0.447. The summed E-state index contributed by atoms with van der Waals surface area (Å²) in [5.74, 6) is 0.276. The van der Waals surface area contributed by atoms with Gasteiger partial charge in [-0.1, -0.05) is 50.6 Å². The molecule has 1 unspecified atom stereocenters. The molecule has 0 aliphatic carbocycles. The normalized spacial score (nSPS) is 11.9. The molecule has 1 amide bonds. The third kappa shape index (κ3) is 7.82. The zero-order valence-electron chi connectivity index (χ0n) is 13.9. The van der Waals surface area contributed by atoms with E-state index in [9.17, 15) is 4.79 Å². The smallest absolute Gasteiger partial charge is 0.407 e. The van der Waals surface area contributed by atoms with Gasteiger partial charge in [0.05, 0.1) is 0 Å². The van der Waals surface area contributed by atoms with Gasteiger partial charge >= 0.3 is 6.09 Å². The molecule has 0 aromatic heterocycles. The van der Waals surface area contributed by atoms with Gasteiger partial charge in [-0.05, 0) is 39.2 Å². The molecule has 1 N–H and O–H groups in total. The number of alkyl carbamates (subject to hydrolysis) is 1. The third-order valence-corrected chi connectivity index (χ3v) is 2.60. The fourth-order valence-corrected chi connectivity index (χ4v) is 1.56. The fourth-order valence-electron chi connectivity index (χ4n) is 1.56. The minimum Gasteiger partial charge on any atom is -0.444 e. The van der Waals surface area contributed by atoms with E-state index >= 15 is 0 Å². The summed E-state index contributed by atoms with van der Waals surface area (Å²) in [5, 5.41) is 2.79. The second-order valence-electron chi connectivity index (χ2n) is 5.69. The quantitative estimate of drug-likeness (QED) is 0.874. The molecular formula is C17H29NO2. The number of carbonyl (C=O) groups is 1. The van der Waals surface area contributed by atoms with Gasteiger partial charge in [0.2, 0.25) is 0 Å². The predicted molar refractivity (Wildman–Crippen MR) is 85.2 cm³/mol. The second-order valence-corrected chi connectivity index (χ2v) is 5.69. The first kappa shape index (κ1) is 18.5. The van der Waals surface area contributed by atoms with Gasteiger partial charge in [0.15, 0.2) is 0 Å². The van der Waals surface area contributed by atoms with Crippen LogP contribution in [0.3, 0.4) is 0 Å². The van der Waals surface area contributed by atoms with Gasteiger partial charge in [0, 0.05) is 6.54 Å². The number of amides is 1. The number of rotatable bonds is 3. The van der Waals surface area contributed by atoms with Crippen molar-refractivity contribution in [1.29, 1.82) is 0 Å². The first-order chi connectivity index (χ1) is 9.28. The molecule has 1 rings (SSSR count). The zero-order valence-corrected chi connectivity index (χ0v) is 13.9. The summed E-state index contributed by atoms with van der Waals surface area (Å²) in [6.07, 6.45) is -0.360. The lowest BCUT2D eigenvalue weighted by atomic mass is 10.0. The van der Waals surface area contributed by atoms with Crippen LogP contribution < -0.4 is 5.32 Å². The summed E-state index contributed by atoms with van der Waals surface area (Å²) in [7, 11) is 0. The van der Waals surface area contributed by atoms with Crippen LogP contribution in [0.4, 0.5) is 4.79 Å². The molecule has 20 heavy (non-hydrogen) atoms. The van der Waals surface area contributed by atoms with Gasteiger partial charge in [-0.25, -0.2) is 4.79 Å². The van der Waals surface area contributed by atoms with E-state index in [1.54, 1.807) is 0 Å². The lowest BCUT2D eigenvalue weighted by Crippen LogP contribution is -2.34. The van der Waals surface area contributed by atoms with Crippen molar-refractivity contribution in [3.05, 3.63) is 35.4 Å². The van der Waals surface area contributed by atoms with Crippen LogP contribution in [0.15, 0.2) is 24.3 Å². The molecule has 1 aromatic carbocycles. The third-order valence-electron chi connectivity index (χ3n) is 2.60. The number of hydrogen-bond donors (Lipinski definition) is 1. The molecule has 0 fully saturated rings. The van der Waals surface area contributed by atoms with Crippen molar-refractivity contribution < 1.29 is 9.53 Å². The van der Waals surface area contributed by atoms with Crippen molar-refractivity contribution in [2.75, 3.05) is 6.54 Å². The fraction of sp³-hybridized carbons (Fsp3) is 0.588. The van der Waals surface area contributed by atoms with Crippen LogP contribution >= 0.6 is 0 Å². The summed E-state index contributed by atoms with van der Waals surface area (Å²) >= 11 is 0. The standard InChI is InChI=1S/C15H23NO2.C2H6/c1-11-6-8-13(9-7-11)12(2)10-16-14(17)18-15(3,4)5;1-2/h6-9,12H,10H2,1-5H3,(H,16,17);1-2H3. The van der Waals surface area contributed by atoms with Gasteiger partial charge in [-0.2, -0.15) is 0 Å². The van der Waals surface area contributed by atoms with Crippen LogP contribution in [0, 0.1) is 6.92 Å². The Balaban J connectivity index is 0.00000172. The Labute approximate surface area is 123 Å². The van der Waals surface area contributed by atoms with Crippen LogP contribution in [-0.2, 0) is 4.74 Å². The highest BCUT2D eigenvalue weighted by atomic mass is 16.6. The van der Waals surface area contributed by atoms with Crippen LogP contribution in [0.25, 0.3) is 0 Å². The maximum atomic E-state index is 11.5. The molecule has 3 heteroatoms. The molecule has 0 saturated heterocycles. The Hall–Kier alpha value is -1.51. The maximum Gasteiger partial charge on any atom is 0.407 e. The Kier molecular flexibility index (Phi) is 7.97. The van der Waals surface area contributed by atoms with E-state index in [4.69, 9.17) is 4.74 Å². The molecule has 0 saturated carbocycles. The van der Waals surface area contributed by atoms with Crippen molar-refractivity contribution in [3.8, 4) is 0 Å². The SMILES string of the molecule is CC.Cc1ccc(C(C)CNC(=O)OC(C)(C)C)cc1. The van der Waals surface area contributed by atoms with Crippen molar-refractivity contribution in [2.24, 2.45) is 0 Å². The lowest BCUT2D eigenvalue weighted by Gasteiger charge is -2.21. The van der Waals surface area contributed by atoms with Gasteiger partial charge in [0.25, 0.3) is 0 Å². The van der Waals surface area contributed by atoms with Crippen LogP contribution in [0.5, 0.6) is 0 Å². The number of benzene rings is 1. The number of aryl methyl sites for hydroxylation is 1. The van der Waals surface area contributed by atoms with Crippen molar-refractivity contribution in [3.63, 3.8) is 0 Å². The zero-order chi connectivity index (χ0) is 15.8. The molecule has 1 aromatic rings. The minimum absolute atomic E-state index is 0.276. The van der Waals surface area contributed by atoms with Crippen molar-refractivity contribution in [1.82, 2.24) is 5.32 Å². The molecule has 1 atom stereocenters. The van der Waals surface area contributed by atoms with Gasteiger partial charge in [-0.3, -0.25) is 0 Å². The van der Waals surface area contributed by atoms with Gasteiger partial charge in [0.1, 0.15) is 5.60 Å². The Morgan fingerprint density at radius 2 is 1.70 bits per heavy atom. The molecule has 3 nitrogen and oxygen atoms in total. The number of ether oxygens (including phenoxy) is 1. The Morgan fingerprint density at radius 1 is 1.20 bits per heavy atom. The van der Waals surface area contributed by atoms with Gasteiger partial charge in [-0.15, -0.1) is 0 Å². The lowest BCUT2D eigenvalue weighted by molar-refractivity contribution is 0.0525. The van der Waals surface area contributed by atoms with Crippen LogP contribution in [0.2, 0.25) is 0 Å². The summed E-state index contributed by atoms with van der Waals surface area (Å²) < 4.78 is 5.19. The van der Waals surface area contributed by atoms with E-state index in [0.717, 1.165) is 0 Å². The monoisotopic (exact) mass is 279 g/mol. The molecule has 0 aliphatic heterocycles. The first-order valence-electron chi connectivity index (χ1n) is 7.31. The van der Waals surface area contributed by atoms with Crippen molar-refractivity contribution >= 4 is 6.09 Å². The van der Waals surface area contributed by atoms with E-state index in [1.807, 2.05) is 34.6 Å². The highest BCUT2D eigenvalue weighted by molar-refractivity contribution is 5.67. The summed E-state index contributed by atoms with van der Waals surface area (Å²) in [6, 6.07) is 8.35. The van der Waals surface area contributed by atoms with E-state index < -0.39 is 5.60 Å². The molecule has 0 heterocycles.